The van der Waals surface area contributed by atoms with E-state index in [0.29, 0.717) is 19.0 Å². The third-order valence-corrected chi connectivity index (χ3v) is 5.37. The fraction of sp³-hybridized carbons (Fsp3) is 0.692. The first-order valence-corrected chi connectivity index (χ1v) is 8.55. The Balaban J connectivity index is 1.80. The highest BCUT2D eigenvalue weighted by Crippen LogP contribution is 2.19. The highest BCUT2D eigenvalue weighted by atomic mass is 32.2. The average molecular weight is 300 g/mol. The number of hydrogen-bond donors (Lipinski definition) is 3. The van der Waals surface area contributed by atoms with E-state index in [1.54, 1.807) is 6.07 Å². The summed E-state index contributed by atoms with van der Waals surface area (Å²) < 4.78 is 26.8. The predicted molar refractivity (Wildman–Crippen MR) is 78.7 cm³/mol. The monoisotopic (exact) mass is 300 g/mol. The van der Waals surface area contributed by atoms with E-state index >= 15 is 0 Å². The molecule has 6 nitrogen and oxygen atoms in total. The number of nitrogens with two attached hydrogens (primary N) is 1. The molecular formula is C13H24N4O2S. The van der Waals surface area contributed by atoms with Gasteiger partial charge in [0.15, 0.2) is 0 Å². The van der Waals surface area contributed by atoms with E-state index in [9.17, 15) is 8.42 Å². The molecular weight excluding hydrogens is 276 g/mol. The van der Waals surface area contributed by atoms with E-state index in [0.717, 1.165) is 38.0 Å². The minimum Gasteiger partial charge on any atom is -0.363 e. The Labute approximate surface area is 120 Å². The maximum atomic E-state index is 12.1. The van der Waals surface area contributed by atoms with Gasteiger partial charge in [0.25, 0.3) is 0 Å². The van der Waals surface area contributed by atoms with Gasteiger partial charge in [0, 0.05) is 25.0 Å². The molecule has 1 aliphatic rings. The van der Waals surface area contributed by atoms with Crippen molar-refractivity contribution in [2.75, 3.05) is 26.7 Å². The molecule has 114 valence electrons. The number of sulfonamides is 1. The highest BCUT2D eigenvalue weighted by molar-refractivity contribution is 7.89. The molecule has 0 unspecified atom stereocenters. The average Bonchev–Trinajstić information content (AvgIpc) is 2.90. The maximum Gasteiger partial charge on any atom is 0.242 e. The van der Waals surface area contributed by atoms with Crippen LogP contribution < -0.4 is 10.5 Å². The molecule has 1 saturated heterocycles. The van der Waals surface area contributed by atoms with Crippen LogP contribution in [0.4, 0.5) is 0 Å². The molecule has 1 fully saturated rings. The number of H-pyrrole nitrogens is 1. The van der Waals surface area contributed by atoms with Gasteiger partial charge in [-0.15, -0.1) is 0 Å². The smallest absolute Gasteiger partial charge is 0.242 e. The van der Waals surface area contributed by atoms with Gasteiger partial charge >= 0.3 is 0 Å². The maximum absolute atomic E-state index is 12.1. The lowest BCUT2D eigenvalue weighted by Crippen LogP contribution is -2.32. The van der Waals surface area contributed by atoms with Crippen LogP contribution in [0.2, 0.25) is 0 Å². The molecule has 0 spiro atoms. The van der Waals surface area contributed by atoms with E-state index in [1.165, 1.54) is 6.20 Å². The topological polar surface area (TPSA) is 91.2 Å². The zero-order valence-electron chi connectivity index (χ0n) is 11.9. The molecule has 1 aromatic heterocycles. The molecule has 1 aliphatic heterocycles. The van der Waals surface area contributed by atoms with Gasteiger partial charge in [-0.2, -0.15) is 0 Å². The normalized spacial score (nSPS) is 18.5. The lowest BCUT2D eigenvalue weighted by Gasteiger charge is -2.28. The number of rotatable bonds is 6. The molecule has 2 heterocycles. The molecule has 1 aromatic rings. The van der Waals surface area contributed by atoms with Crippen LogP contribution in [0.1, 0.15) is 25.0 Å². The fourth-order valence-corrected chi connectivity index (χ4v) is 3.59. The highest BCUT2D eigenvalue weighted by Gasteiger charge is 2.19. The lowest BCUT2D eigenvalue weighted by molar-refractivity contribution is 0.213. The summed E-state index contributed by atoms with van der Waals surface area (Å²) in [6.45, 7) is 3.02. The van der Waals surface area contributed by atoms with Crippen LogP contribution in [0.5, 0.6) is 0 Å². The van der Waals surface area contributed by atoms with Crippen LogP contribution in [0, 0.1) is 5.92 Å². The Kier molecular flexibility index (Phi) is 5.20. The van der Waals surface area contributed by atoms with Crippen molar-refractivity contribution in [3.63, 3.8) is 0 Å². The number of hydrogen-bond acceptors (Lipinski definition) is 4. The summed E-state index contributed by atoms with van der Waals surface area (Å²) in [5, 5.41) is 0. The third-order valence-electron chi connectivity index (χ3n) is 3.93. The first-order valence-electron chi connectivity index (χ1n) is 7.07. The van der Waals surface area contributed by atoms with Crippen LogP contribution in [-0.4, -0.2) is 45.0 Å². The Morgan fingerprint density at radius 3 is 2.75 bits per heavy atom. The van der Waals surface area contributed by atoms with E-state index < -0.39 is 10.0 Å². The van der Waals surface area contributed by atoms with Crippen LogP contribution in [0.15, 0.2) is 17.2 Å². The minimum atomic E-state index is -3.41. The van der Waals surface area contributed by atoms with Gasteiger partial charge < -0.3 is 15.6 Å². The van der Waals surface area contributed by atoms with Crippen molar-refractivity contribution in [1.29, 1.82) is 0 Å². The number of piperidine rings is 1. The number of nitrogens with zero attached hydrogens (tertiary/aromatic N) is 1. The molecule has 0 radical (unpaired) electrons. The number of likely N-dealkylation sites (tertiary alicyclic amines) is 1. The molecule has 7 heteroatoms. The Morgan fingerprint density at radius 2 is 2.15 bits per heavy atom. The van der Waals surface area contributed by atoms with Gasteiger partial charge in [-0.25, -0.2) is 13.1 Å². The molecule has 0 saturated carbocycles. The van der Waals surface area contributed by atoms with E-state index in [2.05, 4.69) is 21.7 Å². The van der Waals surface area contributed by atoms with E-state index in [-0.39, 0.29) is 4.90 Å². The van der Waals surface area contributed by atoms with E-state index in [4.69, 9.17) is 5.73 Å². The fourth-order valence-electron chi connectivity index (χ4n) is 2.52. The summed E-state index contributed by atoms with van der Waals surface area (Å²) in [6, 6.07) is 1.58. The zero-order chi connectivity index (χ0) is 14.6. The second kappa shape index (κ2) is 6.71. The van der Waals surface area contributed by atoms with Crippen molar-refractivity contribution in [2.45, 2.75) is 30.7 Å². The molecule has 0 bridgehead atoms. The second-order valence-electron chi connectivity index (χ2n) is 5.50. The summed E-state index contributed by atoms with van der Waals surface area (Å²) in [5.74, 6) is 0.625. The third kappa shape index (κ3) is 4.05. The largest absolute Gasteiger partial charge is 0.363 e. The zero-order valence-corrected chi connectivity index (χ0v) is 12.7. The Bertz CT molecular complexity index is 518. The number of aromatic nitrogens is 1. The van der Waals surface area contributed by atoms with Gasteiger partial charge in [0.2, 0.25) is 10.0 Å². The van der Waals surface area contributed by atoms with Gasteiger partial charge in [0.1, 0.15) is 0 Å². The van der Waals surface area contributed by atoms with Crippen LogP contribution in [-0.2, 0) is 16.6 Å². The summed E-state index contributed by atoms with van der Waals surface area (Å²) in [7, 11) is -1.28. The molecule has 0 amide bonds. The molecule has 0 atom stereocenters. The summed E-state index contributed by atoms with van der Waals surface area (Å²) in [4.78, 5) is 5.44. The van der Waals surface area contributed by atoms with Gasteiger partial charge in [-0.1, -0.05) is 0 Å². The molecule has 0 aliphatic carbocycles. The number of aromatic amines is 1. The first-order chi connectivity index (χ1) is 9.51. The standard InChI is InChI=1S/C13H24N4O2S/c1-17-6-3-11(4-7-17)2-5-16-20(18,19)13-8-12(9-14)15-10-13/h8,10-11,15-16H,2-7,9,14H2,1H3. The Morgan fingerprint density at radius 1 is 1.45 bits per heavy atom. The molecule has 0 aromatic carbocycles. The van der Waals surface area contributed by atoms with Crippen molar-refractivity contribution in [2.24, 2.45) is 11.7 Å². The van der Waals surface area contributed by atoms with Gasteiger partial charge in [0.05, 0.1) is 4.90 Å². The SMILES string of the molecule is CN1CCC(CCNS(=O)(=O)c2c[nH]c(CN)c2)CC1. The molecule has 2 rings (SSSR count). The molecule has 4 N–H and O–H groups in total. The van der Waals surface area contributed by atoms with Crippen molar-refractivity contribution in [3.05, 3.63) is 18.0 Å². The van der Waals surface area contributed by atoms with Gasteiger partial charge in [-0.05, 0) is 51.4 Å². The summed E-state index contributed by atoms with van der Waals surface area (Å²) >= 11 is 0. The Hall–Kier alpha value is -0.890. The van der Waals surface area contributed by atoms with Crippen LogP contribution >= 0.6 is 0 Å². The summed E-state index contributed by atoms with van der Waals surface area (Å²) in [5.41, 5.74) is 6.19. The predicted octanol–water partition coefficient (Wildman–Crippen LogP) is 0.484. The van der Waals surface area contributed by atoms with Crippen molar-refractivity contribution in [1.82, 2.24) is 14.6 Å². The molecule has 20 heavy (non-hydrogen) atoms. The van der Waals surface area contributed by atoms with Crippen LogP contribution in [0.25, 0.3) is 0 Å². The first kappa shape index (κ1) is 15.5. The van der Waals surface area contributed by atoms with Crippen LogP contribution in [0.3, 0.4) is 0 Å². The van der Waals surface area contributed by atoms with Crippen molar-refractivity contribution in [3.8, 4) is 0 Å². The summed E-state index contributed by atoms with van der Waals surface area (Å²) in [6.07, 6.45) is 4.70. The lowest BCUT2D eigenvalue weighted by atomic mass is 9.94. The van der Waals surface area contributed by atoms with E-state index in [1.807, 2.05) is 0 Å². The van der Waals surface area contributed by atoms with Crippen molar-refractivity contribution < 1.29 is 8.42 Å². The van der Waals surface area contributed by atoms with Crippen molar-refractivity contribution >= 4 is 10.0 Å². The number of nitrogens with one attached hydrogen (secondary N) is 2. The minimum absolute atomic E-state index is 0.265. The quantitative estimate of drug-likeness (QED) is 0.713. The van der Waals surface area contributed by atoms with Gasteiger partial charge in [-0.3, -0.25) is 0 Å². The second-order valence-corrected chi connectivity index (χ2v) is 7.26.